The summed E-state index contributed by atoms with van der Waals surface area (Å²) in [6.45, 7) is 1.20. The molecule has 1 saturated heterocycles. The topological polar surface area (TPSA) is 59.5 Å². The number of hydrogen-bond donors (Lipinski definition) is 1. The van der Waals surface area contributed by atoms with Crippen molar-refractivity contribution in [1.29, 1.82) is 0 Å². The largest absolute Gasteiger partial charge is 0.396 e. The molecule has 1 atom stereocenters. The number of fused-ring (bicyclic) bond motifs is 1. The molecule has 0 aliphatic carbocycles. The van der Waals surface area contributed by atoms with Gasteiger partial charge in [0.15, 0.2) is 5.65 Å². The molecule has 0 bridgehead atoms. The van der Waals surface area contributed by atoms with E-state index < -0.39 is 0 Å². The summed E-state index contributed by atoms with van der Waals surface area (Å²) >= 11 is 0. The molecule has 0 spiro atoms. The Balaban J connectivity index is 1.81. The van der Waals surface area contributed by atoms with E-state index in [0.29, 0.717) is 11.7 Å². The van der Waals surface area contributed by atoms with Gasteiger partial charge in [0, 0.05) is 18.5 Å². The van der Waals surface area contributed by atoms with Gasteiger partial charge >= 0.3 is 0 Å². The van der Waals surface area contributed by atoms with Crippen molar-refractivity contribution in [3.05, 3.63) is 24.2 Å². The first-order valence-corrected chi connectivity index (χ1v) is 6.52. The van der Waals surface area contributed by atoms with E-state index in [1.165, 1.54) is 25.8 Å². The second kappa shape index (κ2) is 4.57. The predicted octanol–water partition coefficient (Wildman–Crippen LogP) is 1.34. The van der Waals surface area contributed by atoms with Crippen LogP contribution in [0.25, 0.3) is 5.65 Å². The summed E-state index contributed by atoms with van der Waals surface area (Å²) in [5.74, 6) is 0. The van der Waals surface area contributed by atoms with Crippen molar-refractivity contribution >= 4 is 11.3 Å². The number of piperidine rings is 1. The molecular formula is C13H19N5. The Hall–Kier alpha value is -1.62. The summed E-state index contributed by atoms with van der Waals surface area (Å²) in [4.78, 5) is 6.72. The fourth-order valence-electron chi connectivity index (χ4n) is 2.68. The Morgan fingerprint density at radius 3 is 3.17 bits per heavy atom. The van der Waals surface area contributed by atoms with Gasteiger partial charge in [0.1, 0.15) is 0 Å². The summed E-state index contributed by atoms with van der Waals surface area (Å²) < 4.78 is 1.77. The molecular weight excluding hydrogens is 226 g/mol. The lowest BCUT2D eigenvalue weighted by molar-refractivity contribution is 0.183. The van der Waals surface area contributed by atoms with E-state index in [-0.39, 0.29) is 0 Å². The number of aromatic nitrogens is 3. The van der Waals surface area contributed by atoms with E-state index in [4.69, 9.17) is 5.73 Å². The summed E-state index contributed by atoms with van der Waals surface area (Å²) in [6.07, 6.45) is 8.40. The maximum absolute atomic E-state index is 5.71. The zero-order valence-corrected chi connectivity index (χ0v) is 10.7. The molecule has 0 radical (unpaired) electrons. The third-order valence-electron chi connectivity index (χ3n) is 3.75. The van der Waals surface area contributed by atoms with Crippen molar-refractivity contribution in [3.8, 4) is 0 Å². The molecule has 2 N–H and O–H groups in total. The number of likely N-dealkylation sites (N-methyl/N-ethyl adjacent to an activating group) is 1. The molecule has 3 rings (SSSR count). The van der Waals surface area contributed by atoms with Crippen molar-refractivity contribution < 1.29 is 0 Å². The second-order valence-corrected chi connectivity index (χ2v) is 5.16. The van der Waals surface area contributed by atoms with Crippen LogP contribution < -0.4 is 5.73 Å². The fourth-order valence-corrected chi connectivity index (χ4v) is 2.68. The summed E-state index contributed by atoms with van der Waals surface area (Å²) in [7, 11) is 2.20. The molecule has 0 amide bonds. The molecule has 1 aliphatic heterocycles. The average molecular weight is 245 g/mol. The second-order valence-electron chi connectivity index (χ2n) is 5.16. The first kappa shape index (κ1) is 11.5. The number of rotatable bonds is 2. The van der Waals surface area contributed by atoms with Crippen LogP contribution in [0.2, 0.25) is 0 Å². The number of nitrogen functional groups attached to an aromatic ring is 1. The first-order valence-electron chi connectivity index (χ1n) is 6.52. The van der Waals surface area contributed by atoms with Gasteiger partial charge in [-0.15, -0.1) is 0 Å². The third kappa shape index (κ3) is 2.18. The van der Waals surface area contributed by atoms with Crippen molar-refractivity contribution in [2.75, 3.05) is 19.3 Å². The lowest BCUT2D eigenvalue weighted by Crippen LogP contribution is -2.37. The van der Waals surface area contributed by atoms with Gasteiger partial charge in [-0.1, -0.05) is 6.42 Å². The lowest BCUT2D eigenvalue weighted by atomic mass is 9.99. The molecule has 1 unspecified atom stereocenters. The highest BCUT2D eigenvalue weighted by Crippen LogP contribution is 2.19. The highest BCUT2D eigenvalue weighted by molar-refractivity contribution is 5.44. The Labute approximate surface area is 107 Å². The SMILES string of the molecule is CN1CCCCC1Cc1cc2ncc(N)cn2n1. The zero-order chi connectivity index (χ0) is 12.5. The van der Waals surface area contributed by atoms with Crippen LogP contribution in [0, 0.1) is 0 Å². The molecule has 5 nitrogen and oxygen atoms in total. The third-order valence-corrected chi connectivity index (χ3v) is 3.75. The van der Waals surface area contributed by atoms with Gasteiger partial charge in [-0.05, 0) is 26.4 Å². The molecule has 2 aromatic heterocycles. The van der Waals surface area contributed by atoms with Crippen LogP contribution in [0.1, 0.15) is 25.0 Å². The standard InChI is InChI=1S/C13H19N5/c1-17-5-3-2-4-12(17)6-11-7-13-15-8-10(14)9-18(13)16-11/h7-9,12H,2-6,14H2,1H3. The maximum Gasteiger partial charge on any atom is 0.155 e. The van der Waals surface area contributed by atoms with Gasteiger partial charge in [0.05, 0.1) is 23.8 Å². The van der Waals surface area contributed by atoms with E-state index >= 15 is 0 Å². The van der Waals surface area contributed by atoms with E-state index in [9.17, 15) is 0 Å². The van der Waals surface area contributed by atoms with Gasteiger partial charge in [0.2, 0.25) is 0 Å². The molecule has 1 fully saturated rings. The average Bonchev–Trinajstić information content (AvgIpc) is 2.73. The lowest BCUT2D eigenvalue weighted by Gasteiger charge is -2.31. The van der Waals surface area contributed by atoms with E-state index in [2.05, 4.69) is 28.1 Å². The summed E-state index contributed by atoms with van der Waals surface area (Å²) in [5.41, 5.74) is 8.33. The molecule has 0 saturated carbocycles. The van der Waals surface area contributed by atoms with Gasteiger partial charge in [-0.3, -0.25) is 0 Å². The van der Waals surface area contributed by atoms with Crippen LogP contribution in [-0.4, -0.2) is 39.1 Å². The number of likely N-dealkylation sites (tertiary alicyclic amines) is 1. The zero-order valence-electron chi connectivity index (χ0n) is 10.7. The van der Waals surface area contributed by atoms with Crippen LogP contribution >= 0.6 is 0 Å². The fraction of sp³-hybridized carbons (Fsp3) is 0.538. The van der Waals surface area contributed by atoms with Crippen molar-refractivity contribution in [1.82, 2.24) is 19.5 Å². The minimum absolute atomic E-state index is 0.612. The Morgan fingerprint density at radius 1 is 1.44 bits per heavy atom. The quantitative estimate of drug-likeness (QED) is 0.867. The minimum atomic E-state index is 0.612. The van der Waals surface area contributed by atoms with Gasteiger partial charge in [-0.2, -0.15) is 5.10 Å². The monoisotopic (exact) mass is 245 g/mol. The Bertz CT molecular complexity index is 547. The van der Waals surface area contributed by atoms with Gasteiger partial charge in [-0.25, -0.2) is 9.50 Å². The van der Waals surface area contributed by atoms with E-state index in [0.717, 1.165) is 17.8 Å². The highest BCUT2D eigenvalue weighted by atomic mass is 15.3. The Morgan fingerprint density at radius 2 is 2.33 bits per heavy atom. The maximum atomic E-state index is 5.71. The highest BCUT2D eigenvalue weighted by Gasteiger charge is 2.20. The Kier molecular flexibility index (Phi) is 2.91. The van der Waals surface area contributed by atoms with Gasteiger partial charge < -0.3 is 10.6 Å². The van der Waals surface area contributed by atoms with Crippen LogP contribution in [0.4, 0.5) is 5.69 Å². The van der Waals surface area contributed by atoms with Crippen molar-refractivity contribution in [2.45, 2.75) is 31.7 Å². The molecule has 1 aliphatic rings. The molecule has 3 heterocycles. The van der Waals surface area contributed by atoms with Crippen molar-refractivity contribution in [3.63, 3.8) is 0 Å². The van der Waals surface area contributed by atoms with E-state index in [1.807, 2.05) is 6.20 Å². The van der Waals surface area contributed by atoms with Crippen LogP contribution in [0.3, 0.4) is 0 Å². The van der Waals surface area contributed by atoms with Crippen LogP contribution in [0.5, 0.6) is 0 Å². The molecule has 2 aromatic rings. The molecule has 96 valence electrons. The normalized spacial score (nSPS) is 21.5. The predicted molar refractivity (Wildman–Crippen MR) is 71.4 cm³/mol. The van der Waals surface area contributed by atoms with E-state index in [1.54, 1.807) is 10.7 Å². The molecule has 18 heavy (non-hydrogen) atoms. The summed E-state index contributed by atoms with van der Waals surface area (Å²) in [5, 5.41) is 4.55. The first-order chi connectivity index (χ1) is 8.72. The molecule has 0 aromatic carbocycles. The van der Waals surface area contributed by atoms with Gasteiger partial charge in [0.25, 0.3) is 0 Å². The van der Waals surface area contributed by atoms with Crippen molar-refractivity contribution in [2.24, 2.45) is 0 Å². The smallest absolute Gasteiger partial charge is 0.155 e. The van der Waals surface area contributed by atoms with Crippen LogP contribution in [0.15, 0.2) is 18.5 Å². The molecule has 5 heteroatoms. The number of nitrogens with zero attached hydrogens (tertiary/aromatic N) is 4. The number of hydrogen-bond acceptors (Lipinski definition) is 4. The summed E-state index contributed by atoms with van der Waals surface area (Å²) in [6, 6.07) is 2.67. The van der Waals surface area contributed by atoms with Crippen LogP contribution in [-0.2, 0) is 6.42 Å². The number of nitrogens with two attached hydrogens (primary N) is 1. The minimum Gasteiger partial charge on any atom is -0.396 e. The number of anilines is 1.